The number of halogens is 2. The zero-order valence-electron chi connectivity index (χ0n) is 13.6. The Kier molecular flexibility index (Phi) is 4.51. The van der Waals surface area contributed by atoms with Crippen molar-refractivity contribution in [3.05, 3.63) is 39.6 Å². The average molecular weight is 396 g/mol. The first-order chi connectivity index (χ1) is 11.3. The van der Waals surface area contributed by atoms with Crippen LogP contribution in [-0.2, 0) is 14.3 Å². The third-order valence-electron chi connectivity index (χ3n) is 4.91. The van der Waals surface area contributed by atoms with Crippen LogP contribution < -0.4 is 5.32 Å². The van der Waals surface area contributed by atoms with E-state index in [9.17, 15) is 14.0 Å². The lowest BCUT2D eigenvalue weighted by Crippen LogP contribution is -2.40. The lowest BCUT2D eigenvalue weighted by atomic mass is 9.75. The molecule has 0 atom stereocenters. The molecule has 4 nitrogen and oxygen atoms in total. The number of carbonyl (C=O) groups excluding carboxylic acids is 2. The predicted molar refractivity (Wildman–Crippen MR) is 91.9 cm³/mol. The van der Waals surface area contributed by atoms with Crippen molar-refractivity contribution in [1.29, 1.82) is 0 Å². The standard InChI is InChI=1S/C18H19BrFNO3/c1-10-5-7-18(8-6-10)15(11(2)17(23)24-18)16(22)21-14-4-3-12(19)9-13(14)20/h3-4,9-10H,5-8H2,1-2H3,(H,21,22). The summed E-state index contributed by atoms with van der Waals surface area (Å²) in [4.78, 5) is 24.9. The molecule has 1 aromatic rings. The molecule has 3 rings (SSSR count). The van der Waals surface area contributed by atoms with Gasteiger partial charge in [-0.15, -0.1) is 0 Å². The van der Waals surface area contributed by atoms with E-state index in [-0.39, 0.29) is 5.69 Å². The summed E-state index contributed by atoms with van der Waals surface area (Å²) >= 11 is 3.18. The van der Waals surface area contributed by atoms with Gasteiger partial charge in [-0.2, -0.15) is 0 Å². The second-order valence-corrected chi connectivity index (χ2v) is 7.56. The number of ether oxygens (including phenoxy) is 1. The van der Waals surface area contributed by atoms with E-state index in [1.807, 2.05) is 0 Å². The Hall–Kier alpha value is -1.69. The molecular formula is C18H19BrFNO3. The number of rotatable bonds is 2. The number of benzene rings is 1. The minimum atomic E-state index is -0.858. The highest BCUT2D eigenvalue weighted by Gasteiger charge is 2.50. The maximum absolute atomic E-state index is 14.0. The van der Waals surface area contributed by atoms with Gasteiger partial charge in [-0.3, -0.25) is 4.79 Å². The molecule has 1 aliphatic heterocycles. The molecule has 1 spiro atoms. The molecule has 1 aromatic carbocycles. The summed E-state index contributed by atoms with van der Waals surface area (Å²) in [6.45, 7) is 3.75. The molecular weight excluding hydrogens is 377 g/mol. The Labute approximate surface area is 148 Å². The van der Waals surface area contributed by atoms with Gasteiger partial charge in [0.25, 0.3) is 5.91 Å². The number of nitrogens with one attached hydrogen (secondary N) is 1. The zero-order valence-corrected chi connectivity index (χ0v) is 15.2. The van der Waals surface area contributed by atoms with Crippen LogP contribution in [-0.4, -0.2) is 17.5 Å². The molecule has 1 aliphatic carbocycles. The van der Waals surface area contributed by atoms with Crippen LogP contribution in [0.25, 0.3) is 0 Å². The molecule has 1 N–H and O–H groups in total. The maximum atomic E-state index is 14.0. The number of hydrogen-bond donors (Lipinski definition) is 1. The molecule has 0 aromatic heterocycles. The largest absolute Gasteiger partial charge is 0.451 e. The summed E-state index contributed by atoms with van der Waals surface area (Å²) in [6.07, 6.45) is 3.04. The van der Waals surface area contributed by atoms with Gasteiger partial charge in [0.2, 0.25) is 0 Å². The molecule has 0 bridgehead atoms. The lowest BCUT2D eigenvalue weighted by molar-refractivity contribution is -0.150. The van der Waals surface area contributed by atoms with Crippen LogP contribution in [0.2, 0.25) is 0 Å². The fraction of sp³-hybridized carbons (Fsp3) is 0.444. The van der Waals surface area contributed by atoms with E-state index in [4.69, 9.17) is 4.74 Å². The van der Waals surface area contributed by atoms with Crippen LogP contribution in [0, 0.1) is 11.7 Å². The van der Waals surface area contributed by atoms with Crippen molar-refractivity contribution in [2.24, 2.45) is 5.92 Å². The van der Waals surface area contributed by atoms with Crippen molar-refractivity contribution in [1.82, 2.24) is 0 Å². The van der Waals surface area contributed by atoms with Gasteiger partial charge < -0.3 is 10.1 Å². The summed E-state index contributed by atoms with van der Waals surface area (Å²) in [6, 6.07) is 4.42. The van der Waals surface area contributed by atoms with Crippen LogP contribution in [0.1, 0.15) is 39.5 Å². The Balaban J connectivity index is 1.90. The third-order valence-corrected chi connectivity index (χ3v) is 5.41. The number of carbonyl (C=O) groups is 2. The SMILES string of the molecule is CC1=C(C(=O)Nc2ccc(Br)cc2F)C2(CCC(C)CC2)OC1=O. The molecule has 24 heavy (non-hydrogen) atoms. The number of esters is 1. The van der Waals surface area contributed by atoms with Crippen LogP contribution in [0.15, 0.2) is 33.8 Å². The fourth-order valence-electron chi connectivity index (χ4n) is 3.48. The van der Waals surface area contributed by atoms with Gasteiger partial charge in [-0.25, -0.2) is 9.18 Å². The van der Waals surface area contributed by atoms with Gasteiger partial charge in [0, 0.05) is 10.0 Å². The first-order valence-corrected chi connectivity index (χ1v) is 8.83. The van der Waals surface area contributed by atoms with E-state index in [1.165, 1.54) is 12.1 Å². The van der Waals surface area contributed by atoms with Crippen molar-refractivity contribution in [2.45, 2.75) is 45.1 Å². The fourth-order valence-corrected chi connectivity index (χ4v) is 3.82. The second-order valence-electron chi connectivity index (χ2n) is 6.64. The first-order valence-electron chi connectivity index (χ1n) is 8.03. The molecule has 0 unspecified atom stereocenters. The summed E-state index contributed by atoms with van der Waals surface area (Å²) in [7, 11) is 0. The molecule has 0 saturated heterocycles. The van der Waals surface area contributed by atoms with Crippen LogP contribution in [0.4, 0.5) is 10.1 Å². The Bertz CT molecular complexity index is 736. The van der Waals surface area contributed by atoms with Crippen LogP contribution >= 0.6 is 15.9 Å². The van der Waals surface area contributed by atoms with Gasteiger partial charge in [0.05, 0.1) is 11.3 Å². The normalized spacial score (nSPS) is 26.7. The smallest absolute Gasteiger partial charge is 0.335 e. The van der Waals surface area contributed by atoms with Gasteiger partial charge in [-0.05, 0) is 56.7 Å². The van der Waals surface area contributed by atoms with E-state index in [2.05, 4.69) is 28.2 Å². The Morgan fingerprint density at radius 1 is 1.38 bits per heavy atom. The first kappa shape index (κ1) is 17.1. The summed E-state index contributed by atoms with van der Waals surface area (Å²) in [5, 5.41) is 2.59. The minimum Gasteiger partial charge on any atom is -0.451 e. The Morgan fingerprint density at radius 3 is 2.67 bits per heavy atom. The molecule has 0 radical (unpaired) electrons. The molecule has 1 heterocycles. The molecule has 2 aliphatic rings. The summed E-state index contributed by atoms with van der Waals surface area (Å²) < 4.78 is 20.2. The molecule has 128 valence electrons. The van der Waals surface area contributed by atoms with E-state index >= 15 is 0 Å². The van der Waals surface area contributed by atoms with E-state index in [0.717, 1.165) is 12.8 Å². The Morgan fingerprint density at radius 2 is 2.04 bits per heavy atom. The highest BCUT2D eigenvalue weighted by atomic mass is 79.9. The molecule has 1 saturated carbocycles. The zero-order chi connectivity index (χ0) is 17.5. The van der Waals surface area contributed by atoms with Crippen LogP contribution in [0.3, 0.4) is 0 Å². The van der Waals surface area contributed by atoms with Gasteiger partial charge in [0.1, 0.15) is 11.4 Å². The lowest BCUT2D eigenvalue weighted by Gasteiger charge is -2.36. The van der Waals surface area contributed by atoms with Crippen molar-refractivity contribution in [3.63, 3.8) is 0 Å². The molecule has 1 fully saturated rings. The van der Waals surface area contributed by atoms with E-state index < -0.39 is 23.3 Å². The highest BCUT2D eigenvalue weighted by Crippen LogP contribution is 2.45. The monoisotopic (exact) mass is 395 g/mol. The average Bonchev–Trinajstić information content (AvgIpc) is 2.76. The van der Waals surface area contributed by atoms with Gasteiger partial charge >= 0.3 is 5.97 Å². The third kappa shape index (κ3) is 2.99. The number of anilines is 1. The van der Waals surface area contributed by atoms with Gasteiger partial charge in [0.15, 0.2) is 0 Å². The summed E-state index contributed by atoms with van der Waals surface area (Å²) in [5.74, 6) is -0.906. The number of amides is 1. The summed E-state index contributed by atoms with van der Waals surface area (Å²) in [5.41, 5.74) is -0.104. The van der Waals surface area contributed by atoms with Crippen molar-refractivity contribution in [2.75, 3.05) is 5.32 Å². The minimum absolute atomic E-state index is 0.0853. The molecule has 1 amide bonds. The van der Waals surface area contributed by atoms with E-state index in [1.54, 1.807) is 13.0 Å². The van der Waals surface area contributed by atoms with Crippen molar-refractivity contribution < 1.29 is 18.7 Å². The van der Waals surface area contributed by atoms with Gasteiger partial charge in [-0.1, -0.05) is 22.9 Å². The van der Waals surface area contributed by atoms with Crippen molar-refractivity contribution >= 4 is 33.5 Å². The quantitative estimate of drug-likeness (QED) is 0.757. The topological polar surface area (TPSA) is 55.4 Å². The molecule has 6 heteroatoms. The van der Waals surface area contributed by atoms with Crippen molar-refractivity contribution in [3.8, 4) is 0 Å². The highest BCUT2D eigenvalue weighted by molar-refractivity contribution is 9.10. The predicted octanol–water partition coefficient (Wildman–Crippen LogP) is 4.35. The van der Waals surface area contributed by atoms with E-state index in [0.29, 0.717) is 34.4 Å². The maximum Gasteiger partial charge on any atom is 0.335 e. The van der Waals surface area contributed by atoms with Crippen LogP contribution in [0.5, 0.6) is 0 Å². The second kappa shape index (κ2) is 6.31. The number of hydrogen-bond acceptors (Lipinski definition) is 3.